The first kappa shape index (κ1) is 22.7. The van der Waals surface area contributed by atoms with Crippen molar-refractivity contribution in [2.75, 3.05) is 5.32 Å². The summed E-state index contributed by atoms with van der Waals surface area (Å²) in [5, 5.41) is 3.60. The van der Waals surface area contributed by atoms with Gasteiger partial charge in [0.1, 0.15) is 17.0 Å². The highest BCUT2D eigenvalue weighted by molar-refractivity contribution is 6.30. The van der Waals surface area contributed by atoms with E-state index in [1.54, 1.807) is 6.08 Å². The number of carbonyl (C=O) groups excluding carboxylic acids is 1. The number of aryl methyl sites for hydroxylation is 3. The Kier molecular flexibility index (Phi) is 6.01. The zero-order chi connectivity index (χ0) is 24.5. The molecule has 5 rings (SSSR count). The van der Waals surface area contributed by atoms with Gasteiger partial charge >= 0.3 is 0 Å². The fraction of sp³-hybridized carbons (Fsp3) is 0.103. The molecular formula is C29H23ClN2O3. The Labute approximate surface area is 208 Å². The molecule has 2 heterocycles. The Hall–Kier alpha value is -4.09. The number of rotatable bonds is 5. The highest BCUT2D eigenvalue weighted by Crippen LogP contribution is 2.29. The van der Waals surface area contributed by atoms with Gasteiger partial charge in [-0.1, -0.05) is 17.7 Å². The minimum atomic E-state index is -0.265. The van der Waals surface area contributed by atoms with Gasteiger partial charge in [0.25, 0.3) is 0 Å². The predicted octanol–water partition coefficient (Wildman–Crippen LogP) is 7.99. The average molecular weight is 483 g/mol. The average Bonchev–Trinajstić information content (AvgIpc) is 3.47. The zero-order valence-electron chi connectivity index (χ0n) is 19.6. The summed E-state index contributed by atoms with van der Waals surface area (Å²) in [6, 6.07) is 20.8. The van der Waals surface area contributed by atoms with Crippen molar-refractivity contribution < 1.29 is 13.6 Å². The molecule has 0 bridgehead atoms. The van der Waals surface area contributed by atoms with Gasteiger partial charge in [0.05, 0.1) is 0 Å². The minimum Gasteiger partial charge on any atom is -0.457 e. The van der Waals surface area contributed by atoms with Crippen LogP contribution in [0.4, 0.5) is 5.69 Å². The molecule has 1 N–H and O–H groups in total. The lowest BCUT2D eigenvalue weighted by Gasteiger charge is -2.07. The maximum absolute atomic E-state index is 12.6. The third-order valence-corrected chi connectivity index (χ3v) is 6.15. The van der Waals surface area contributed by atoms with E-state index in [4.69, 9.17) is 20.4 Å². The highest BCUT2D eigenvalue weighted by Gasteiger charge is 2.12. The van der Waals surface area contributed by atoms with Crippen LogP contribution in [0.3, 0.4) is 0 Å². The molecule has 6 heteroatoms. The molecule has 5 nitrogen and oxygen atoms in total. The second-order valence-corrected chi connectivity index (χ2v) is 8.92. The van der Waals surface area contributed by atoms with Crippen LogP contribution in [0.2, 0.25) is 5.02 Å². The van der Waals surface area contributed by atoms with Gasteiger partial charge in [0, 0.05) is 27.9 Å². The summed E-state index contributed by atoms with van der Waals surface area (Å²) in [5.74, 6) is 1.53. The van der Waals surface area contributed by atoms with Gasteiger partial charge in [-0.2, -0.15) is 0 Å². The van der Waals surface area contributed by atoms with Crippen molar-refractivity contribution >= 4 is 40.4 Å². The van der Waals surface area contributed by atoms with Crippen molar-refractivity contribution in [2.24, 2.45) is 0 Å². The van der Waals surface area contributed by atoms with Crippen LogP contribution in [0.15, 0.2) is 81.6 Å². The number of oxazole rings is 1. The number of fused-ring (bicyclic) bond motifs is 1. The summed E-state index contributed by atoms with van der Waals surface area (Å²) in [6.07, 6.45) is 3.08. The summed E-state index contributed by atoms with van der Waals surface area (Å²) in [4.78, 5) is 17.3. The van der Waals surface area contributed by atoms with Crippen LogP contribution in [0, 0.1) is 20.8 Å². The molecule has 174 valence electrons. The first-order valence-corrected chi connectivity index (χ1v) is 11.6. The van der Waals surface area contributed by atoms with E-state index < -0.39 is 0 Å². The number of amides is 1. The first-order chi connectivity index (χ1) is 16.9. The lowest BCUT2D eigenvalue weighted by atomic mass is 10.1. The molecule has 35 heavy (non-hydrogen) atoms. The Morgan fingerprint density at radius 3 is 2.40 bits per heavy atom. The Morgan fingerprint density at radius 1 is 0.857 bits per heavy atom. The summed E-state index contributed by atoms with van der Waals surface area (Å²) >= 11 is 5.95. The summed E-state index contributed by atoms with van der Waals surface area (Å²) < 4.78 is 11.8. The third kappa shape index (κ3) is 4.91. The smallest absolute Gasteiger partial charge is 0.248 e. The summed E-state index contributed by atoms with van der Waals surface area (Å²) in [6.45, 7) is 6.04. The molecule has 0 aliphatic rings. The number of anilines is 1. The van der Waals surface area contributed by atoms with E-state index in [1.165, 1.54) is 6.08 Å². The number of benzene rings is 3. The molecule has 0 unspecified atom stereocenters. The van der Waals surface area contributed by atoms with E-state index in [0.717, 1.165) is 38.9 Å². The molecule has 0 spiro atoms. The Morgan fingerprint density at radius 2 is 1.60 bits per heavy atom. The second kappa shape index (κ2) is 9.28. The maximum atomic E-state index is 12.6. The zero-order valence-corrected chi connectivity index (χ0v) is 20.3. The number of carbonyl (C=O) groups is 1. The quantitative estimate of drug-likeness (QED) is 0.258. The molecule has 1 amide bonds. The van der Waals surface area contributed by atoms with Crippen molar-refractivity contribution in [3.05, 3.63) is 100 Å². The van der Waals surface area contributed by atoms with Crippen molar-refractivity contribution in [3.63, 3.8) is 0 Å². The van der Waals surface area contributed by atoms with E-state index in [2.05, 4.69) is 17.2 Å². The fourth-order valence-corrected chi connectivity index (χ4v) is 3.86. The van der Waals surface area contributed by atoms with E-state index in [-0.39, 0.29) is 5.91 Å². The number of nitrogens with zero attached hydrogens (tertiary/aromatic N) is 1. The van der Waals surface area contributed by atoms with Gasteiger partial charge in [-0.3, -0.25) is 4.79 Å². The Bertz CT molecular complexity index is 1540. The van der Waals surface area contributed by atoms with Gasteiger partial charge in [-0.25, -0.2) is 4.98 Å². The van der Waals surface area contributed by atoms with Gasteiger partial charge < -0.3 is 14.2 Å². The van der Waals surface area contributed by atoms with Crippen LogP contribution in [0.25, 0.3) is 40.0 Å². The lowest BCUT2D eigenvalue weighted by molar-refractivity contribution is -0.111. The summed E-state index contributed by atoms with van der Waals surface area (Å²) in [7, 11) is 0. The molecule has 0 fully saturated rings. The highest BCUT2D eigenvalue weighted by atomic mass is 35.5. The minimum absolute atomic E-state index is 0.265. The lowest BCUT2D eigenvalue weighted by Crippen LogP contribution is -2.09. The predicted molar refractivity (Wildman–Crippen MR) is 140 cm³/mol. The molecule has 0 saturated carbocycles. The normalized spacial score (nSPS) is 11.4. The van der Waals surface area contributed by atoms with Gasteiger partial charge in [0.15, 0.2) is 5.58 Å². The van der Waals surface area contributed by atoms with E-state index >= 15 is 0 Å². The third-order valence-electron chi connectivity index (χ3n) is 5.90. The largest absolute Gasteiger partial charge is 0.457 e. The van der Waals surface area contributed by atoms with E-state index in [9.17, 15) is 4.79 Å². The standard InChI is InChI=1S/C29H23ClN2O3/c1-17-4-5-21(29-32-25-14-18(2)19(3)15-27(25)35-29)16-24(17)31-28(33)13-11-23-10-12-26(34-23)20-6-8-22(30)9-7-20/h4-16H,1-3H3,(H,31,33)/b13-11+. The van der Waals surface area contributed by atoms with Gasteiger partial charge in [0.2, 0.25) is 11.8 Å². The van der Waals surface area contributed by atoms with Gasteiger partial charge in [-0.15, -0.1) is 0 Å². The maximum Gasteiger partial charge on any atom is 0.248 e. The van der Waals surface area contributed by atoms with Crippen LogP contribution in [-0.4, -0.2) is 10.9 Å². The van der Waals surface area contributed by atoms with Crippen molar-refractivity contribution in [2.45, 2.75) is 20.8 Å². The SMILES string of the molecule is Cc1cc2nc(-c3ccc(C)c(NC(=O)/C=C/c4ccc(-c5ccc(Cl)cc5)o4)c3)oc2cc1C. The number of hydrogen-bond donors (Lipinski definition) is 1. The van der Waals surface area contributed by atoms with E-state index in [0.29, 0.717) is 28.1 Å². The molecule has 0 radical (unpaired) electrons. The molecule has 3 aromatic carbocycles. The molecule has 0 aliphatic heterocycles. The van der Waals surface area contributed by atoms with Crippen LogP contribution < -0.4 is 5.32 Å². The Balaban J connectivity index is 1.32. The molecule has 0 saturated heterocycles. The van der Waals surface area contributed by atoms with Crippen LogP contribution in [-0.2, 0) is 4.79 Å². The van der Waals surface area contributed by atoms with Gasteiger partial charge in [-0.05, 0) is 104 Å². The molecule has 0 aliphatic carbocycles. The number of furan rings is 1. The second-order valence-electron chi connectivity index (χ2n) is 8.48. The molecule has 5 aromatic rings. The fourth-order valence-electron chi connectivity index (χ4n) is 3.74. The molecule has 0 atom stereocenters. The van der Waals surface area contributed by atoms with Crippen LogP contribution in [0.1, 0.15) is 22.5 Å². The molecular weight excluding hydrogens is 460 g/mol. The topological polar surface area (TPSA) is 68.3 Å². The van der Waals surface area contributed by atoms with Crippen LogP contribution >= 0.6 is 11.6 Å². The van der Waals surface area contributed by atoms with E-state index in [1.807, 2.05) is 80.6 Å². The van der Waals surface area contributed by atoms with Crippen molar-refractivity contribution in [1.29, 1.82) is 0 Å². The number of hydrogen-bond acceptors (Lipinski definition) is 4. The van der Waals surface area contributed by atoms with Crippen molar-refractivity contribution in [1.82, 2.24) is 4.98 Å². The summed E-state index contributed by atoms with van der Waals surface area (Å²) in [5.41, 5.74) is 7.20. The van der Waals surface area contributed by atoms with Crippen molar-refractivity contribution in [3.8, 4) is 22.8 Å². The monoisotopic (exact) mass is 482 g/mol. The number of nitrogens with one attached hydrogen (secondary N) is 1. The number of aromatic nitrogens is 1. The van der Waals surface area contributed by atoms with Crippen LogP contribution in [0.5, 0.6) is 0 Å². The first-order valence-electron chi connectivity index (χ1n) is 11.2. The molecule has 2 aromatic heterocycles. The number of halogens is 1.